The highest BCUT2D eigenvalue weighted by atomic mass is 15.4. The topological polar surface area (TPSA) is 24.1 Å². The molecule has 1 heterocycles. The SMILES string of the molecule is CC(C)C(C)c1cccc2c1NNC2. The number of rotatable bonds is 2. The zero-order valence-corrected chi connectivity index (χ0v) is 9.09. The van der Waals surface area contributed by atoms with E-state index < -0.39 is 0 Å². The van der Waals surface area contributed by atoms with Crippen LogP contribution in [0.2, 0.25) is 0 Å². The molecule has 1 aliphatic rings. The standard InChI is InChI=1S/C12H18N2/c1-8(2)9(3)11-6-4-5-10-7-13-14-12(10)11/h4-6,8-9,13-14H,7H2,1-3H3. The molecule has 1 aromatic rings. The normalized spacial score (nSPS) is 16.6. The Morgan fingerprint density at radius 3 is 2.71 bits per heavy atom. The monoisotopic (exact) mass is 190 g/mol. The van der Waals surface area contributed by atoms with Crippen molar-refractivity contribution < 1.29 is 0 Å². The first-order valence-electron chi connectivity index (χ1n) is 5.31. The average molecular weight is 190 g/mol. The second-order valence-electron chi connectivity index (χ2n) is 4.39. The van der Waals surface area contributed by atoms with E-state index in [2.05, 4.69) is 49.8 Å². The molecule has 14 heavy (non-hydrogen) atoms. The van der Waals surface area contributed by atoms with Crippen LogP contribution in [-0.2, 0) is 6.54 Å². The number of fused-ring (bicyclic) bond motifs is 1. The molecule has 2 nitrogen and oxygen atoms in total. The maximum absolute atomic E-state index is 3.25. The summed E-state index contributed by atoms with van der Waals surface area (Å²) in [7, 11) is 0. The van der Waals surface area contributed by atoms with Gasteiger partial charge in [0.25, 0.3) is 0 Å². The number of nitrogens with one attached hydrogen (secondary N) is 2. The quantitative estimate of drug-likeness (QED) is 0.749. The summed E-state index contributed by atoms with van der Waals surface area (Å²) in [5.41, 5.74) is 10.5. The van der Waals surface area contributed by atoms with Gasteiger partial charge in [-0.1, -0.05) is 39.0 Å². The van der Waals surface area contributed by atoms with Crippen molar-refractivity contribution in [3.05, 3.63) is 29.3 Å². The van der Waals surface area contributed by atoms with Crippen molar-refractivity contribution in [1.82, 2.24) is 5.43 Å². The largest absolute Gasteiger partial charge is 0.321 e. The molecule has 2 rings (SSSR count). The van der Waals surface area contributed by atoms with Crippen molar-refractivity contribution in [2.75, 3.05) is 5.43 Å². The predicted octanol–water partition coefficient (Wildman–Crippen LogP) is 2.88. The van der Waals surface area contributed by atoms with E-state index in [1.54, 1.807) is 0 Å². The zero-order chi connectivity index (χ0) is 10.1. The molecule has 2 heteroatoms. The Bertz CT molecular complexity index is 331. The Morgan fingerprint density at radius 1 is 1.21 bits per heavy atom. The van der Waals surface area contributed by atoms with Crippen LogP contribution < -0.4 is 10.9 Å². The first-order valence-corrected chi connectivity index (χ1v) is 5.31. The average Bonchev–Trinajstić information content (AvgIpc) is 2.63. The van der Waals surface area contributed by atoms with Crippen LogP contribution in [0.5, 0.6) is 0 Å². The lowest BCUT2D eigenvalue weighted by atomic mass is 9.88. The molecule has 1 aliphatic heterocycles. The van der Waals surface area contributed by atoms with Gasteiger partial charge in [-0.25, -0.2) is 5.43 Å². The molecule has 2 N–H and O–H groups in total. The number of benzene rings is 1. The van der Waals surface area contributed by atoms with E-state index in [9.17, 15) is 0 Å². The van der Waals surface area contributed by atoms with Crippen molar-refractivity contribution in [3.63, 3.8) is 0 Å². The highest BCUT2D eigenvalue weighted by Gasteiger charge is 2.18. The van der Waals surface area contributed by atoms with Gasteiger partial charge in [0.15, 0.2) is 0 Å². The molecule has 0 amide bonds. The molecule has 0 spiro atoms. The number of hydrogen-bond acceptors (Lipinski definition) is 2. The van der Waals surface area contributed by atoms with Gasteiger partial charge in [0.2, 0.25) is 0 Å². The van der Waals surface area contributed by atoms with Crippen LogP contribution in [0.15, 0.2) is 18.2 Å². The molecule has 0 bridgehead atoms. The van der Waals surface area contributed by atoms with Gasteiger partial charge in [0, 0.05) is 6.54 Å². The van der Waals surface area contributed by atoms with Crippen LogP contribution >= 0.6 is 0 Å². The van der Waals surface area contributed by atoms with Crippen molar-refractivity contribution in [2.45, 2.75) is 33.2 Å². The fraction of sp³-hybridized carbons (Fsp3) is 0.500. The zero-order valence-electron chi connectivity index (χ0n) is 9.09. The van der Waals surface area contributed by atoms with E-state index in [-0.39, 0.29) is 0 Å². The Kier molecular flexibility index (Phi) is 2.46. The summed E-state index contributed by atoms with van der Waals surface area (Å²) in [4.78, 5) is 0. The van der Waals surface area contributed by atoms with Crippen LogP contribution in [0.3, 0.4) is 0 Å². The molecular formula is C12H18N2. The minimum atomic E-state index is 0.609. The lowest BCUT2D eigenvalue weighted by Crippen LogP contribution is -2.13. The van der Waals surface area contributed by atoms with E-state index in [1.807, 2.05) is 0 Å². The van der Waals surface area contributed by atoms with Crippen LogP contribution in [-0.4, -0.2) is 0 Å². The Balaban J connectivity index is 2.39. The molecule has 0 aromatic heterocycles. The second-order valence-corrected chi connectivity index (χ2v) is 4.39. The second kappa shape index (κ2) is 3.62. The van der Waals surface area contributed by atoms with Crippen LogP contribution in [0, 0.1) is 5.92 Å². The number of anilines is 1. The smallest absolute Gasteiger partial charge is 0.0568 e. The van der Waals surface area contributed by atoms with Gasteiger partial charge < -0.3 is 5.43 Å². The van der Waals surface area contributed by atoms with Crippen molar-refractivity contribution >= 4 is 5.69 Å². The number of hydrogen-bond donors (Lipinski definition) is 2. The van der Waals surface area contributed by atoms with Gasteiger partial charge >= 0.3 is 0 Å². The summed E-state index contributed by atoms with van der Waals surface area (Å²) < 4.78 is 0. The van der Waals surface area contributed by atoms with Gasteiger partial charge in [-0.2, -0.15) is 0 Å². The van der Waals surface area contributed by atoms with Crippen molar-refractivity contribution in [1.29, 1.82) is 0 Å². The molecule has 0 radical (unpaired) electrons. The third-order valence-electron chi connectivity index (χ3n) is 3.17. The van der Waals surface area contributed by atoms with Gasteiger partial charge in [0.05, 0.1) is 5.69 Å². The number of para-hydroxylation sites is 1. The van der Waals surface area contributed by atoms with Gasteiger partial charge in [0.1, 0.15) is 0 Å². The van der Waals surface area contributed by atoms with Crippen LogP contribution in [0.25, 0.3) is 0 Å². The van der Waals surface area contributed by atoms with E-state index in [4.69, 9.17) is 0 Å². The van der Waals surface area contributed by atoms with Crippen LogP contribution in [0.4, 0.5) is 5.69 Å². The maximum Gasteiger partial charge on any atom is 0.0568 e. The Hall–Kier alpha value is -1.02. The molecule has 0 saturated heterocycles. The molecule has 0 saturated carbocycles. The van der Waals surface area contributed by atoms with Crippen molar-refractivity contribution in [3.8, 4) is 0 Å². The first-order chi connectivity index (χ1) is 6.70. The van der Waals surface area contributed by atoms with Crippen LogP contribution in [0.1, 0.15) is 37.8 Å². The van der Waals surface area contributed by atoms with Crippen molar-refractivity contribution in [2.24, 2.45) is 5.92 Å². The minimum Gasteiger partial charge on any atom is -0.321 e. The van der Waals surface area contributed by atoms with Gasteiger partial charge in [-0.3, -0.25) is 0 Å². The molecule has 76 valence electrons. The third kappa shape index (κ3) is 1.50. The maximum atomic E-state index is 3.25. The first kappa shape index (κ1) is 9.53. The highest BCUT2D eigenvalue weighted by Crippen LogP contribution is 2.33. The molecule has 1 aromatic carbocycles. The summed E-state index contributed by atoms with van der Waals surface area (Å²) in [5, 5.41) is 0. The number of hydrazine groups is 1. The Morgan fingerprint density at radius 2 is 2.00 bits per heavy atom. The summed E-state index contributed by atoms with van der Waals surface area (Å²) in [5.74, 6) is 1.29. The fourth-order valence-electron chi connectivity index (χ4n) is 1.89. The molecule has 0 fully saturated rings. The predicted molar refractivity (Wildman–Crippen MR) is 60.2 cm³/mol. The van der Waals surface area contributed by atoms with E-state index in [1.165, 1.54) is 16.8 Å². The molecule has 1 unspecified atom stereocenters. The molecule has 0 aliphatic carbocycles. The summed E-state index contributed by atoms with van der Waals surface area (Å²) in [6.07, 6.45) is 0. The highest BCUT2D eigenvalue weighted by molar-refractivity contribution is 5.60. The van der Waals surface area contributed by atoms with E-state index in [0.717, 1.165) is 6.54 Å². The minimum absolute atomic E-state index is 0.609. The summed E-state index contributed by atoms with van der Waals surface area (Å²) in [6.45, 7) is 7.77. The van der Waals surface area contributed by atoms with E-state index in [0.29, 0.717) is 11.8 Å². The van der Waals surface area contributed by atoms with E-state index >= 15 is 0 Å². The van der Waals surface area contributed by atoms with Gasteiger partial charge in [-0.05, 0) is 23.0 Å². The van der Waals surface area contributed by atoms with Gasteiger partial charge in [-0.15, -0.1) is 0 Å². The Labute approximate surface area is 85.7 Å². The lowest BCUT2D eigenvalue weighted by Gasteiger charge is -2.19. The molecule has 1 atom stereocenters. The third-order valence-corrected chi connectivity index (χ3v) is 3.17. The summed E-state index contributed by atoms with van der Waals surface area (Å²) in [6, 6.07) is 6.56. The fourth-order valence-corrected chi connectivity index (χ4v) is 1.89. The molecular weight excluding hydrogens is 172 g/mol. The lowest BCUT2D eigenvalue weighted by molar-refractivity contribution is 0.536. The summed E-state index contributed by atoms with van der Waals surface area (Å²) >= 11 is 0.